The molecule has 0 radical (unpaired) electrons. The highest BCUT2D eigenvalue weighted by Crippen LogP contribution is 2.18. The number of hydrogen-bond donors (Lipinski definition) is 3. The van der Waals surface area contributed by atoms with Crippen molar-refractivity contribution in [3.05, 3.63) is 36.5 Å². The molecule has 6 heteroatoms. The van der Waals surface area contributed by atoms with Gasteiger partial charge in [-0.15, -0.1) is 0 Å². The summed E-state index contributed by atoms with van der Waals surface area (Å²) >= 11 is 0. The van der Waals surface area contributed by atoms with Gasteiger partial charge in [-0.25, -0.2) is 0 Å². The first-order valence-corrected chi connectivity index (χ1v) is 26.2. The Hall–Kier alpha value is -1.92. The number of amides is 1. The first kappa shape index (κ1) is 58.1. The van der Waals surface area contributed by atoms with Crippen LogP contribution in [0.2, 0.25) is 0 Å². The largest absolute Gasteiger partial charge is 0.462 e. The minimum Gasteiger partial charge on any atom is -0.462 e. The molecule has 0 aliphatic carbocycles. The van der Waals surface area contributed by atoms with Crippen molar-refractivity contribution >= 4 is 11.9 Å². The van der Waals surface area contributed by atoms with Crippen molar-refractivity contribution in [1.82, 2.24) is 5.32 Å². The Balaban J connectivity index is 4.58. The van der Waals surface area contributed by atoms with Crippen molar-refractivity contribution in [3.8, 4) is 0 Å². The molecule has 0 fully saturated rings. The number of carbonyl (C=O) groups excluding carboxylic acids is 2. The minimum atomic E-state index is -0.794. The number of ether oxygens (including phenoxy) is 1. The molecule has 6 nitrogen and oxygen atoms in total. The SMILES string of the molecule is CCCCC/C=C/C=C/CCCCCCC(CC(=O)NC(CO)C(O)CCCCCCCCCCCCCCCCC)OC(=O)CCCCC/C=C\CCCCCCCC. The fraction of sp³-hybridized carbons (Fsp3) is 0.852. The van der Waals surface area contributed by atoms with Gasteiger partial charge in [-0.3, -0.25) is 9.59 Å². The van der Waals surface area contributed by atoms with E-state index in [9.17, 15) is 19.8 Å². The maximum Gasteiger partial charge on any atom is 0.306 e. The van der Waals surface area contributed by atoms with Gasteiger partial charge in [-0.2, -0.15) is 0 Å². The van der Waals surface area contributed by atoms with E-state index in [1.807, 2.05) is 0 Å². The third-order valence-corrected chi connectivity index (χ3v) is 12.0. The van der Waals surface area contributed by atoms with Gasteiger partial charge in [0.2, 0.25) is 5.91 Å². The molecule has 3 unspecified atom stereocenters. The van der Waals surface area contributed by atoms with E-state index in [-0.39, 0.29) is 24.9 Å². The summed E-state index contributed by atoms with van der Waals surface area (Å²) in [5, 5.41) is 23.8. The summed E-state index contributed by atoms with van der Waals surface area (Å²) in [7, 11) is 0. The lowest BCUT2D eigenvalue weighted by atomic mass is 10.0. The number of rotatable bonds is 47. The number of nitrogens with one attached hydrogen (secondary N) is 1. The molecule has 0 bridgehead atoms. The first-order valence-electron chi connectivity index (χ1n) is 26.2. The predicted molar refractivity (Wildman–Crippen MR) is 259 cm³/mol. The Bertz CT molecular complexity index is 993. The van der Waals surface area contributed by atoms with Crippen LogP contribution in [0.5, 0.6) is 0 Å². The lowest BCUT2D eigenvalue weighted by Crippen LogP contribution is -2.46. The number of carbonyl (C=O) groups is 2. The molecular formula is C54H101NO5. The van der Waals surface area contributed by atoms with Crippen LogP contribution < -0.4 is 5.32 Å². The molecular weight excluding hydrogens is 743 g/mol. The summed E-state index contributed by atoms with van der Waals surface area (Å²) in [6.45, 7) is 6.45. The Kier molecular flexibility index (Phi) is 46.6. The standard InChI is InChI=1S/C54H101NO5/c1-4-7-10-13-16-19-22-25-26-29-31-34-37-40-43-46-52(57)51(49-56)55-53(58)48-50(45-42-39-36-33-30-27-23-20-17-14-11-8-5-2)60-54(59)47-44-41-38-35-32-28-24-21-18-15-12-9-6-3/h17,20,23,27-28,32,50-52,56-57H,4-16,18-19,21-22,24-26,29-31,33-49H2,1-3H3,(H,55,58)/b20-17+,27-23+,32-28-. The number of aliphatic hydroxyl groups is 2. The first-order chi connectivity index (χ1) is 29.5. The van der Waals surface area contributed by atoms with Crippen LogP contribution in [0, 0.1) is 0 Å². The van der Waals surface area contributed by atoms with Crippen LogP contribution in [0.15, 0.2) is 36.5 Å². The summed E-state index contributed by atoms with van der Waals surface area (Å²) in [4.78, 5) is 26.1. The van der Waals surface area contributed by atoms with Crippen LogP contribution >= 0.6 is 0 Å². The van der Waals surface area contributed by atoms with Gasteiger partial charge in [-0.05, 0) is 77.0 Å². The number of allylic oxidation sites excluding steroid dienone is 6. The Morgan fingerprint density at radius 1 is 0.483 bits per heavy atom. The number of unbranched alkanes of at least 4 members (excludes halogenated alkanes) is 30. The average Bonchev–Trinajstić information content (AvgIpc) is 3.24. The van der Waals surface area contributed by atoms with Gasteiger partial charge in [0.15, 0.2) is 0 Å². The highest BCUT2D eigenvalue weighted by Gasteiger charge is 2.24. The van der Waals surface area contributed by atoms with Crippen LogP contribution in [-0.4, -0.2) is 46.9 Å². The van der Waals surface area contributed by atoms with Gasteiger partial charge >= 0.3 is 5.97 Å². The zero-order valence-electron chi connectivity index (χ0n) is 40.1. The zero-order valence-corrected chi connectivity index (χ0v) is 40.1. The van der Waals surface area contributed by atoms with Gasteiger partial charge < -0.3 is 20.3 Å². The van der Waals surface area contributed by atoms with Gasteiger partial charge in [0.1, 0.15) is 6.10 Å². The highest BCUT2D eigenvalue weighted by atomic mass is 16.5. The van der Waals surface area contributed by atoms with Crippen LogP contribution in [0.3, 0.4) is 0 Å². The zero-order chi connectivity index (χ0) is 43.8. The van der Waals surface area contributed by atoms with Crippen LogP contribution in [0.25, 0.3) is 0 Å². The van der Waals surface area contributed by atoms with Gasteiger partial charge in [0.05, 0.1) is 25.2 Å². The second-order valence-corrected chi connectivity index (χ2v) is 17.9. The summed E-state index contributed by atoms with van der Waals surface area (Å²) in [6, 6.07) is -0.709. The number of aliphatic hydroxyl groups excluding tert-OH is 2. The van der Waals surface area contributed by atoms with Crippen molar-refractivity contribution in [2.75, 3.05) is 6.61 Å². The molecule has 3 N–H and O–H groups in total. The Morgan fingerprint density at radius 2 is 0.850 bits per heavy atom. The quantitative estimate of drug-likeness (QED) is 0.0245. The molecule has 0 aliphatic heterocycles. The topological polar surface area (TPSA) is 95.9 Å². The van der Waals surface area contributed by atoms with E-state index in [0.29, 0.717) is 19.3 Å². The van der Waals surface area contributed by atoms with E-state index in [1.54, 1.807) is 0 Å². The molecule has 3 atom stereocenters. The number of hydrogen-bond acceptors (Lipinski definition) is 5. The monoisotopic (exact) mass is 844 g/mol. The minimum absolute atomic E-state index is 0.0602. The molecule has 0 saturated carbocycles. The second-order valence-electron chi connectivity index (χ2n) is 17.9. The van der Waals surface area contributed by atoms with E-state index in [0.717, 1.165) is 83.5 Å². The normalized spacial score (nSPS) is 13.5. The Morgan fingerprint density at radius 3 is 1.32 bits per heavy atom. The van der Waals surface area contributed by atoms with Crippen molar-refractivity contribution in [2.24, 2.45) is 0 Å². The molecule has 0 heterocycles. The van der Waals surface area contributed by atoms with Crippen molar-refractivity contribution in [2.45, 2.75) is 289 Å². The van der Waals surface area contributed by atoms with E-state index < -0.39 is 18.2 Å². The summed E-state index contributed by atoms with van der Waals surface area (Å²) in [5.74, 6) is -0.505. The molecule has 1 amide bonds. The summed E-state index contributed by atoms with van der Waals surface area (Å²) in [6.07, 6.45) is 56.3. The lowest BCUT2D eigenvalue weighted by molar-refractivity contribution is -0.151. The molecule has 0 aromatic carbocycles. The predicted octanol–water partition coefficient (Wildman–Crippen LogP) is 15.7. The van der Waals surface area contributed by atoms with E-state index in [2.05, 4.69) is 62.5 Å². The molecule has 0 saturated heterocycles. The molecule has 0 aliphatic rings. The van der Waals surface area contributed by atoms with E-state index >= 15 is 0 Å². The maximum absolute atomic E-state index is 13.2. The summed E-state index contributed by atoms with van der Waals surface area (Å²) in [5.41, 5.74) is 0. The highest BCUT2D eigenvalue weighted by molar-refractivity contribution is 5.77. The third kappa shape index (κ3) is 42.8. The van der Waals surface area contributed by atoms with Gasteiger partial charge in [0.25, 0.3) is 0 Å². The second kappa shape index (κ2) is 48.1. The van der Waals surface area contributed by atoms with Gasteiger partial charge in [-0.1, -0.05) is 218 Å². The smallest absolute Gasteiger partial charge is 0.306 e. The van der Waals surface area contributed by atoms with Crippen LogP contribution in [0.4, 0.5) is 0 Å². The number of esters is 1. The fourth-order valence-electron chi connectivity index (χ4n) is 7.95. The maximum atomic E-state index is 13.2. The molecule has 352 valence electrons. The fourth-order valence-corrected chi connectivity index (χ4v) is 7.95. The molecule has 0 spiro atoms. The van der Waals surface area contributed by atoms with E-state index in [4.69, 9.17) is 4.74 Å². The Labute approximate surface area is 373 Å². The van der Waals surface area contributed by atoms with Crippen LogP contribution in [-0.2, 0) is 14.3 Å². The van der Waals surface area contributed by atoms with Crippen molar-refractivity contribution < 1.29 is 24.5 Å². The van der Waals surface area contributed by atoms with Crippen LogP contribution in [0.1, 0.15) is 271 Å². The average molecular weight is 844 g/mol. The molecule has 60 heavy (non-hydrogen) atoms. The molecule has 0 rings (SSSR count). The van der Waals surface area contributed by atoms with Crippen molar-refractivity contribution in [3.63, 3.8) is 0 Å². The van der Waals surface area contributed by atoms with Gasteiger partial charge in [0, 0.05) is 6.42 Å². The van der Waals surface area contributed by atoms with Crippen molar-refractivity contribution in [1.29, 1.82) is 0 Å². The van der Waals surface area contributed by atoms with E-state index in [1.165, 1.54) is 141 Å². The molecule has 0 aromatic heterocycles. The molecule has 0 aromatic rings. The summed E-state index contributed by atoms with van der Waals surface area (Å²) < 4.78 is 5.91. The lowest BCUT2D eigenvalue weighted by Gasteiger charge is -2.24. The third-order valence-electron chi connectivity index (χ3n) is 12.0.